The van der Waals surface area contributed by atoms with Gasteiger partial charge in [0.25, 0.3) is 0 Å². The van der Waals surface area contributed by atoms with E-state index in [2.05, 4.69) is 24.0 Å². The average Bonchev–Trinajstić information content (AvgIpc) is 3.30. The first-order chi connectivity index (χ1) is 15.4. The number of alkyl halides is 3. The van der Waals surface area contributed by atoms with Crippen LogP contribution in [0.3, 0.4) is 0 Å². The number of halogens is 3. The predicted octanol–water partition coefficient (Wildman–Crippen LogP) is 8.43. The van der Waals surface area contributed by atoms with Gasteiger partial charge in [-0.05, 0) is 48.4 Å². The summed E-state index contributed by atoms with van der Waals surface area (Å²) in [4.78, 5) is 4.64. The Bertz CT molecular complexity index is 1660. The first-order valence-corrected chi connectivity index (χ1v) is 11.0. The fourth-order valence-corrected chi connectivity index (χ4v) is 5.77. The van der Waals surface area contributed by atoms with Crippen molar-refractivity contribution in [2.45, 2.75) is 19.5 Å². The molecule has 0 spiro atoms. The number of rotatable bonds is 2. The van der Waals surface area contributed by atoms with Crippen LogP contribution < -0.4 is 0 Å². The maximum atomic E-state index is 12.9. The molecule has 0 radical (unpaired) electrons. The van der Waals surface area contributed by atoms with Crippen LogP contribution in [0, 0.1) is 6.92 Å². The molecule has 0 N–H and O–H groups in total. The van der Waals surface area contributed by atoms with Gasteiger partial charge in [0.2, 0.25) is 0 Å². The molecule has 6 heteroatoms. The topological polar surface area (TPSA) is 26.0 Å². The Morgan fingerprint density at radius 1 is 0.906 bits per heavy atom. The normalized spacial score (nSPS) is 12.5. The van der Waals surface area contributed by atoms with E-state index in [1.54, 1.807) is 24.4 Å². The summed E-state index contributed by atoms with van der Waals surface area (Å²) >= 11 is 1.48. The van der Waals surface area contributed by atoms with Crippen LogP contribution in [0.25, 0.3) is 53.4 Å². The number of hydrogen-bond donors (Lipinski definition) is 0. The van der Waals surface area contributed by atoms with E-state index in [1.807, 2.05) is 30.3 Å². The molecular weight excluding hydrogens is 431 g/mol. The summed E-state index contributed by atoms with van der Waals surface area (Å²) < 4.78 is 46.5. The summed E-state index contributed by atoms with van der Waals surface area (Å²) in [5.41, 5.74) is 4.75. The van der Waals surface area contributed by atoms with E-state index in [0.29, 0.717) is 0 Å². The molecule has 0 fully saturated rings. The highest BCUT2D eigenvalue weighted by molar-refractivity contribution is 7.26. The molecule has 0 aliphatic carbocycles. The van der Waals surface area contributed by atoms with Gasteiger partial charge in [0.1, 0.15) is 11.2 Å². The number of aryl methyl sites for hydroxylation is 1. The van der Waals surface area contributed by atoms with Gasteiger partial charge in [-0.1, -0.05) is 30.3 Å². The van der Waals surface area contributed by atoms with Crippen molar-refractivity contribution in [3.05, 3.63) is 78.0 Å². The van der Waals surface area contributed by atoms with Crippen molar-refractivity contribution in [2.24, 2.45) is 0 Å². The van der Waals surface area contributed by atoms with Gasteiger partial charge in [-0.3, -0.25) is 4.98 Å². The van der Waals surface area contributed by atoms with Crippen LogP contribution in [0.4, 0.5) is 13.2 Å². The van der Waals surface area contributed by atoms with E-state index in [-0.39, 0.29) is 5.56 Å². The minimum atomic E-state index is -4.23. The van der Waals surface area contributed by atoms with Crippen LogP contribution in [0.2, 0.25) is 0 Å². The number of fused-ring (bicyclic) bond motifs is 6. The molecule has 0 saturated carbocycles. The largest absolute Gasteiger partial charge is 0.456 e. The lowest BCUT2D eigenvalue weighted by atomic mass is 10.0. The van der Waals surface area contributed by atoms with Gasteiger partial charge in [-0.2, -0.15) is 13.2 Å². The number of furan rings is 1. The molecule has 0 aliphatic heterocycles. The van der Waals surface area contributed by atoms with Crippen molar-refractivity contribution in [2.75, 3.05) is 0 Å². The zero-order valence-corrected chi connectivity index (χ0v) is 17.8. The summed E-state index contributed by atoms with van der Waals surface area (Å²) in [6.07, 6.45) is -3.40. The van der Waals surface area contributed by atoms with Gasteiger partial charge >= 0.3 is 6.18 Å². The molecule has 158 valence electrons. The Hall–Kier alpha value is -3.38. The maximum Gasteiger partial charge on any atom is 0.393 e. The molecule has 6 rings (SSSR count). The summed E-state index contributed by atoms with van der Waals surface area (Å²) in [5.74, 6) is 0. The van der Waals surface area contributed by atoms with Gasteiger partial charge in [-0.25, -0.2) is 0 Å². The smallest absolute Gasteiger partial charge is 0.393 e. The molecule has 3 aromatic carbocycles. The molecule has 3 heterocycles. The minimum Gasteiger partial charge on any atom is -0.456 e. The summed E-state index contributed by atoms with van der Waals surface area (Å²) in [5, 5.41) is 4.11. The number of aromatic nitrogens is 1. The van der Waals surface area contributed by atoms with Gasteiger partial charge < -0.3 is 4.42 Å². The molecule has 0 saturated heterocycles. The van der Waals surface area contributed by atoms with Crippen LogP contribution in [0.1, 0.15) is 11.1 Å². The van der Waals surface area contributed by atoms with Crippen LogP contribution in [0.5, 0.6) is 0 Å². The van der Waals surface area contributed by atoms with E-state index >= 15 is 0 Å². The second-order valence-electron chi connectivity index (χ2n) is 8.03. The SMILES string of the molecule is Cc1cc(-c2nccc3c2sc2cc(CC(F)(F)F)ccc23)cc2oc3ccccc3c12. The molecule has 6 aromatic rings. The van der Waals surface area contributed by atoms with Crippen molar-refractivity contribution in [3.63, 3.8) is 0 Å². The molecule has 0 atom stereocenters. The van der Waals surface area contributed by atoms with Crippen molar-refractivity contribution >= 4 is 53.4 Å². The monoisotopic (exact) mass is 447 g/mol. The van der Waals surface area contributed by atoms with E-state index in [9.17, 15) is 13.2 Å². The van der Waals surface area contributed by atoms with Gasteiger partial charge in [-0.15, -0.1) is 11.3 Å². The zero-order valence-electron chi connectivity index (χ0n) is 17.0. The minimum absolute atomic E-state index is 0.269. The standard InChI is InChI=1S/C26H16F3NOS/c1-14-10-16(12-21-23(14)19-4-2-3-5-20(19)31-21)24-25-18(8-9-30-24)17-7-6-15(11-22(17)32-25)13-26(27,28)29/h2-12H,13H2,1H3. The number of para-hydroxylation sites is 1. The predicted molar refractivity (Wildman–Crippen MR) is 124 cm³/mol. The number of pyridine rings is 1. The fraction of sp³-hybridized carbons (Fsp3) is 0.115. The number of benzene rings is 3. The van der Waals surface area contributed by atoms with Crippen molar-refractivity contribution < 1.29 is 17.6 Å². The molecule has 0 unspecified atom stereocenters. The fourth-order valence-electron chi connectivity index (χ4n) is 4.49. The van der Waals surface area contributed by atoms with E-state index in [4.69, 9.17) is 4.42 Å². The zero-order chi connectivity index (χ0) is 22.0. The number of thiophene rings is 1. The molecular formula is C26H16F3NOS. The Morgan fingerprint density at radius 2 is 1.75 bits per heavy atom. The molecule has 0 aliphatic rings. The van der Waals surface area contributed by atoms with Crippen LogP contribution >= 0.6 is 11.3 Å². The van der Waals surface area contributed by atoms with Gasteiger partial charge in [0.15, 0.2) is 0 Å². The second-order valence-corrected chi connectivity index (χ2v) is 9.08. The number of hydrogen-bond acceptors (Lipinski definition) is 3. The average molecular weight is 447 g/mol. The highest BCUT2D eigenvalue weighted by Gasteiger charge is 2.27. The lowest BCUT2D eigenvalue weighted by molar-refractivity contribution is -0.127. The van der Waals surface area contributed by atoms with Crippen LogP contribution in [0.15, 0.2) is 71.3 Å². The highest BCUT2D eigenvalue weighted by Crippen LogP contribution is 2.41. The summed E-state index contributed by atoms with van der Waals surface area (Å²) in [6, 6.07) is 19.0. The van der Waals surface area contributed by atoms with Gasteiger partial charge in [0.05, 0.1) is 16.8 Å². The van der Waals surface area contributed by atoms with Crippen LogP contribution in [-0.2, 0) is 6.42 Å². The Balaban J connectivity index is 1.56. The second kappa shape index (κ2) is 6.81. The first-order valence-electron chi connectivity index (χ1n) is 10.2. The lowest BCUT2D eigenvalue weighted by Gasteiger charge is -2.06. The Labute approximate surface area is 184 Å². The third-order valence-electron chi connectivity index (χ3n) is 5.81. The Morgan fingerprint density at radius 3 is 2.59 bits per heavy atom. The Kier molecular flexibility index (Phi) is 4.11. The van der Waals surface area contributed by atoms with Crippen LogP contribution in [-0.4, -0.2) is 11.2 Å². The van der Waals surface area contributed by atoms with Crippen molar-refractivity contribution in [1.29, 1.82) is 0 Å². The van der Waals surface area contributed by atoms with Gasteiger partial charge in [0, 0.05) is 38.0 Å². The summed E-state index contributed by atoms with van der Waals surface area (Å²) in [7, 11) is 0. The van der Waals surface area contributed by atoms with Crippen molar-refractivity contribution in [1.82, 2.24) is 4.98 Å². The molecule has 0 amide bonds. The van der Waals surface area contributed by atoms with E-state index in [0.717, 1.165) is 58.9 Å². The first kappa shape index (κ1) is 19.3. The van der Waals surface area contributed by atoms with E-state index < -0.39 is 12.6 Å². The molecule has 32 heavy (non-hydrogen) atoms. The van der Waals surface area contributed by atoms with Crippen molar-refractivity contribution in [3.8, 4) is 11.3 Å². The molecule has 0 bridgehead atoms. The number of nitrogens with zero attached hydrogens (tertiary/aromatic N) is 1. The lowest BCUT2D eigenvalue weighted by Crippen LogP contribution is -2.11. The van der Waals surface area contributed by atoms with E-state index in [1.165, 1.54) is 11.3 Å². The highest BCUT2D eigenvalue weighted by atomic mass is 32.1. The third kappa shape index (κ3) is 3.06. The maximum absolute atomic E-state index is 12.9. The summed E-state index contributed by atoms with van der Waals surface area (Å²) in [6.45, 7) is 2.06. The quantitative estimate of drug-likeness (QED) is 0.266. The molecule has 3 aromatic heterocycles. The molecule has 2 nitrogen and oxygen atoms in total. The third-order valence-corrected chi connectivity index (χ3v) is 6.98.